The molecule has 0 aliphatic rings. The Morgan fingerprint density at radius 1 is 1.37 bits per heavy atom. The molecule has 0 atom stereocenters. The van der Waals surface area contributed by atoms with Crippen LogP contribution in [0.15, 0.2) is 18.2 Å². The van der Waals surface area contributed by atoms with Gasteiger partial charge in [0.05, 0.1) is 7.11 Å². The van der Waals surface area contributed by atoms with E-state index in [1.807, 2.05) is 19.9 Å². The first kappa shape index (κ1) is 15.0. The van der Waals surface area contributed by atoms with Crippen molar-refractivity contribution in [3.8, 4) is 5.75 Å². The smallest absolute Gasteiger partial charge is 0.312 e. The highest BCUT2D eigenvalue weighted by Crippen LogP contribution is 2.30. The van der Waals surface area contributed by atoms with E-state index in [-0.39, 0.29) is 5.92 Å². The van der Waals surface area contributed by atoms with Crippen molar-refractivity contribution in [2.45, 2.75) is 26.2 Å². The summed E-state index contributed by atoms with van der Waals surface area (Å²) in [4.78, 5) is 23.6. The summed E-state index contributed by atoms with van der Waals surface area (Å²) < 4.78 is 5.27. The van der Waals surface area contributed by atoms with E-state index in [4.69, 9.17) is 9.84 Å². The molecule has 0 fully saturated rings. The van der Waals surface area contributed by atoms with Crippen molar-refractivity contribution in [3.63, 3.8) is 0 Å². The van der Waals surface area contributed by atoms with Crippen molar-refractivity contribution in [1.29, 1.82) is 0 Å². The van der Waals surface area contributed by atoms with Crippen LogP contribution in [-0.4, -0.2) is 31.1 Å². The van der Waals surface area contributed by atoms with Gasteiger partial charge in [0, 0.05) is 12.7 Å². The highest BCUT2D eigenvalue weighted by atomic mass is 16.5. The van der Waals surface area contributed by atoms with E-state index in [9.17, 15) is 9.59 Å². The van der Waals surface area contributed by atoms with Crippen LogP contribution in [-0.2, 0) is 9.59 Å². The monoisotopic (exact) mass is 265 g/mol. The standard InChI is InChI=1S/C14H19NO4/c1-9(2)11-7-10(5-6-12(11)19-4)15(3)13(16)8-14(17)18/h5-7,9H,8H2,1-4H3,(H,17,18). The van der Waals surface area contributed by atoms with E-state index in [0.29, 0.717) is 5.69 Å². The van der Waals surface area contributed by atoms with Crippen LogP contribution in [0.1, 0.15) is 31.7 Å². The van der Waals surface area contributed by atoms with Crippen molar-refractivity contribution in [3.05, 3.63) is 23.8 Å². The number of amides is 1. The van der Waals surface area contributed by atoms with Gasteiger partial charge in [-0.2, -0.15) is 0 Å². The van der Waals surface area contributed by atoms with Gasteiger partial charge in [0.25, 0.3) is 0 Å². The Kier molecular flexibility index (Phi) is 4.92. The first-order chi connectivity index (χ1) is 8.86. The Labute approximate surface area is 112 Å². The molecule has 19 heavy (non-hydrogen) atoms. The third-order valence-corrected chi connectivity index (χ3v) is 2.90. The molecular weight excluding hydrogens is 246 g/mol. The molecule has 1 amide bonds. The van der Waals surface area contributed by atoms with Crippen LogP contribution in [0.2, 0.25) is 0 Å². The van der Waals surface area contributed by atoms with E-state index in [2.05, 4.69) is 0 Å². The van der Waals surface area contributed by atoms with Gasteiger partial charge in [-0.05, 0) is 29.7 Å². The van der Waals surface area contributed by atoms with Crippen LogP contribution in [0, 0.1) is 0 Å². The molecule has 0 saturated heterocycles. The maximum absolute atomic E-state index is 11.7. The number of carbonyl (C=O) groups is 2. The summed E-state index contributed by atoms with van der Waals surface area (Å²) in [6, 6.07) is 5.38. The molecule has 0 aromatic heterocycles. The molecule has 1 aromatic rings. The molecule has 0 heterocycles. The SMILES string of the molecule is COc1ccc(N(C)C(=O)CC(=O)O)cc1C(C)C. The zero-order valence-corrected chi connectivity index (χ0v) is 11.6. The number of carboxylic acid groups (broad SMARTS) is 1. The Balaban J connectivity index is 3.04. The number of methoxy groups -OCH3 is 1. The summed E-state index contributed by atoms with van der Waals surface area (Å²) in [5.41, 5.74) is 1.64. The second-order valence-electron chi connectivity index (χ2n) is 4.60. The average Bonchev–Trinajstić information content (AvgIpc) is 2.36. The lowest BCUT2D eigenvalue weighted by atomic mass is 10.0. The Morgan fingerprint density at radius 3 is 2.47 bits per heavy atom. The molecule has 5 heteroatoms. The molecule has 0 spiro atoms. The van der Waals surface area contributed by atoms with Gasteiger partial charge in [-0.15, -0.1) is 0 Å². The number of ether oxygens (including phenoxy) is 1. The summed E-state index contributed by atoms with van der Waals surface area (Å²) in [7, 11) is 3.16. The fraction of sp³-hybridized carbons (Fsp3) is 0.429. The first-order valence-electron chi connectivity index (χ1n) is 6.03. The zero-order chi connectivity index (χ0) is 14.6. The van der Waals surface area contributed by atoms with E-state index in [1.54, 1.807) is 26.3 Å². The van der Waals surface area contributed by atoms with Gasteiger partial charge in [-0.3, -0.25) is 9.59 Å². The van der Waals surface area contributed by atoms with Crippen LogP contribution in [0.3, 0.4) is 0 Å². The Morgan fingerprint density at radius 2 is 2.00 bits per heavy atom. The topological polar surface area (TPSA) is 66.8 Å². The third kappa shape index (κ3) is 3.71. The quantitative estimate of drug-likeness (QED) is 0.829. The summed E-state index contributed by atoms with van der Waals surface area (Å²) in [5.74, 6) is -0.572. The minimum absolute atomic E-state index is 0.248. The molecule has 5 nitrogen and oxygen atoms in total. The fourth-order valence-corrected chi connectivity index (χ4v) is 1.77. The zero-order valence-electron chi connectivity index (χ0n) is 11.6. The van der Waals surface area contributed by atoms with Gasteiger partial charge in [-0.1, -0.05) is 13.8 Å². The lowest BCUT2D eigenvalue weighted by Gasteiger charge is -2.20. The molecule has 1 aromatic carbocycles. The molecule has 0 saturated carbocycles. The van der Waals surface area contributed by atoms with Gasteiger partial charge >= 0.3 is 5.97 Å². The van der Waals surface area contributed by atoms with Crippen molar-refractivity contribution >= 4 is 17.6 Å². The van der Waals surface area contributed by atoms with Gasteiger partial charge in [0.2, 0.25) is 5.91 Å². The van der Waals surface area contributed by atoms with Crippen LogP contribution >= 0.6 is 0 Å². The molecule has 0 aliphatic heterocycles. The fourth-order valence-electron chi connectivity index (χ4n) is 1.77. The number of rotatable bonds is 5. The Bertz CT molecular complexity index is 482. The molecule has 1 rings (SSSR count). The second kappa shape index (κ2) is 6.22. The van der Waals surface area contributed by atoms with Gasteiger partial charge < -0.3 is 14.7 Å². The summed E-state index contributed by atoms with van der Waals surface area (Å²) >= 11 is 0. The van der Waals surface area contributed by atoms with E-state index in [1.165, 1.54) is 4.90 Å². The van der Waals surface area contributed by atoms with Gasteiger partial charge in [0.1, 0.15) is 12.2 Å². The largest absolute Gasteiger partial charge is 0.496 e. The predicted octanol–water partition coefficient (Wildman–Crippen LogP) is 2.26. The van der Waals surface area contributed by atoms with E-state index >= 15 is 0 Å². The highest BCUT2D eigenvalue weighted by Gasteiger charge is 2.16. The van der Waals surface area contributed by atoms with Crippen LogP contribution in [0.4, 0.5) is 5.69 Å². The van der Waals surface area contributed by atoms with Crippen molar-refractivity contribution < 1.29 is 19.4 Å². The number of benzene rings is 1. The van der Waals surface area contributed by atoms with Gasteiger partial charge in [-0.25, -0.2) is 0 Å². The minimum Gasteiger partial charge on any atom is -0.496 e. The number of carbonyl (C=O) groups excluding carboxylic acids is 1. The minimum atomic E-state index is -1.13. The predicted molar refractivity (Wildman–Crippen MR) is 72.7 cm³/mol. The van der Waals surface area contributed by atoms with E-state index in [0.717, 1.165) is 11.3 Å². The average molecular weight is 265 g/mol. The Hall–Kier alpha value is -2.04. The van der Waals surface area contributed by atoms with Crippen LogP contribution < -0.4 is 9.64 Å². The molecular formula is C14H19NO4. The number of nitrogens with zero attached hydrogens (tertiary/aromatic N) is 1. The molecule has 104 valence electrons. The summed E-state index contributed by atoms with van der Waals surface area (Å²) in [5, 5.41) is 8.64. The number of hydrogen-bond acceptors (Lipinski definition) is 3. The third-order valence-electron chi connectivity index (χ3n) is 2.90. The van der Waals surface area contributed by atoms with Crippen LogP contribution in [0.25, 0.3) is 0 Å². The van der Waals surface area contributed by atoms with Crippen molar-refractivity contribution in [1.82, 2.24) is 0 Å². The molecule has 0 aliphatic carbocycles. The second-order valence-corrected chi connectivity index (χ2v) is 4.60. The molecule has 0 unspecified atom stereocenters. The number of hydrogen-bond donors (Lipinski definition) is 1. The molecule has 1 N–H and O–H groups in total. The maximum atomic E-state index is 11.7. The summed E-state index contributed by atoms with van der Waals surface area (Å²) in [6.45, 7) is 4.06. The lowest BCUT2D eigenvalue weighted by molar-refractivity contribution is -0.140. The van der Waals surface area contributed by atoms with Gasteiger partial charge in [0.15, 0.2) is 0 Å². The summed E-state index contributed by atoms with van der Waals surface area (Å²) in [6.07, 6.45) is -0.514. The first-order valence-corrected chi connectivity index (χ1v) is 6.03. The number of carboxylic acids is 1. The maximum Gasteiger partial charge on any atom is 0.312 e. The van der Waals surface area contributed by atoms with Crippen molar-refractivity contribution in [2.24, 2.45) is 0 Å². The van der Waals surface area contributed by atoms with Crippen molar-refractivity contribution in [2.75, 3.05) is 19.1 Å². The van der Waals surface area contributed by atoms with E-state index < -0.39 is 18.3 Å². The molecule has 0 radical (unpaired) electrons. The lowest BCUT2D eigenvalue weighted by Crippen LogP contribution is -2.28. The normalized spacial score (nSPS) is 10.4. The number of anilines is 1. The number of aliphatic carboxylic acids is 1. The molecule has 0 bridgehead atoms. The van der Waals surface area contributed by atoms with Crippen LogP contribution in [0.5, 0.6) is 5.75 Å². The highest BCUT2D eigenvalue weighted by molar-refractivity contribution is 6.02.